The van der Waals surface area contributed by atoms with E-state index in [4.69, 9.17) is 5.11 Å². The van der Waals surface area contributed by atoms with Crippen molar-refractivity contribution in [3.8, 4) is 0 Å². The molecule has 1 N–H and O–H groups in total. The van der Waals surface area contributed by atoms with Crippen molar-refractivity contribution in [3.05, 3.63) is 27.5 Å². The van der Waals surface area contributed by atoms with E-state index in [1.165, 1.54) is 25.1 Å². The number of pyridine rings is 1. The van der Waals surface area contributed by atoms with E-state index >= 15 is 0 Å². The van der Waals surface area contributed by atoms with Crippen LogP contribution in [0.4, 0.5) is 4.79 Å². The van der Waals surface area contributed by atoms with Gasteiger partial charge in [0.2, 0.25) is 5.43 Å². The van der Waals surface area contributed by atoms with Crippen molar-refractivity contribution < 1.29 is 19.4 Å². The number of aromatic nitrogens is 1. The van der Waals surface area contributed by atoms with Gasteiger partial charge >= 0.3 is 12.1 Å². The Kier molecular flexibility index (Phi) is 3.93. The van der Waals surface area contributed by atoms with Crippen molar-refractivity contribution >= 4 is 28.9 Å². The van der Waals surface area contributed by atoms with Gasteiger partial charge in [0.25, 0.3) is 0 Å². The normalized spacial score (nSPS) is 15.2. The molecule has 8 heteroatoms. The molecular weight excluding hydrogens is 284 g/mol. The Labute approximate surface area is 118 Å². The number of carbonyl (C=O) groups excluding carboxylic acids is 1. The van der Waals surface area contributed by atoms with Gasteiger partial charge in [0.15, 0.2) is 0 Å². The molecule has 0 bridgehead atoms. The largest absolute Gasteiger partial charge is 0.477 e. The molecule has 106 valence electrons. The van der Waals surface area contributed by atoms with Crippen LogP contribution in [-0.2, 0) is 17.7 Å². The third kappa shape index (κ3) is 2.46. The van der Waals surface area contributed by atoms with Gasteiger partial charge in [0.05, 0.1) is 17.2 Å². The summed E-state index contributed by atoms with van der Waals surface area (Å²) in [5.74, 6) is -1.26. The average molecular weight is 296 g/mol. The van der Waals surface area contributed by atoms with Crippen LogP contribution in [0.25, 0.3) is 0 Å². The second-order valence-electron chi connectivity index (χ2n) is 4.00. The molecule has 0 radical (unpaired) electrons. The van der Waals surface area contributed by atoms with Crippen LogP contribution in [-0.4, -0.2) is 33.9 Å². The summed E-state index contributed by atoms with van der Waals surface area (Å²) < 4.78 is 6.11. The highest BCUT2D eigenvalue weighted by Gasteiger charge is 2.27. The Balaban J connectivity index is 2.53. The Bertz CT molecular complexity index is 677. The smallest absolute Gasteiger partial charge is 0.434 e. The number of carbonyl (C=O) groups is 2. The lowest BCUT2D eigenvalue weighted by molar-refractivity contribution is 0.0694. The molecule has 1 aliphatic heterocycles. The summed E-state index contributed by atoms with van der Waals surface area (Å²) in [6.07, 6.45) is 0.723. The first kappa shape index (κ1) is 14.3. The monoisotopic (exact) mass is 296 g/mol. The Hall–Kier alpha value is -2.09. The maximum Gasteiger partial charge on any atom is 0.434 e. The number of aryl methyl sites for hydroxylation is 1. The fourth-order valence-electron chi connectivity index (χ4n) is 1.88. The van der Waals surface area contributed by atoms with E-state index in [1.807, 2.05) is 6.92 Å². The van der Waals surface area contributed by atoms with E-state index in [9.17, 15) is 14.4 Å². The molecule has 0 aliphatic carbocycles. The van der Waals surface area contributed by atoms with E-state index < -0.39 is 17.5 Å². The molecule has 2 heterocycles. The first-order valence-corrected chi connectivity index (χ1v) is 6.62. The molecule has 1 aromatic rings. The summed E-state index contributed by atoms with van der Waals surface area (Å²) in [6, 6.07) is 0. The Morgan fingerprint density at radius 2 is 2.25 bits per heavy atom. The number of ether oxygens (including phenoxy) is 1. The zero-order chi connectivity index (χ0) is 14.9. The van der Waals surface area contributed by atoms with Crippen LogP contribution >= 0.6 is 11.8 Å². The summed E-state index contributed by atoms with van der Waals surface area (Å²) in [7, 11) is 1.22. The van der Waals surface area contributed by atoms with Gasteiger partial charge in [0, 0.05) is 24.7 Å². The molecule has 0 saturated heterocycles. The SMILES string of the molecule is CCn1cc(C(=O)O)c(=O)c2c1S/C(=N/C(=O)OC)C2. The zero-order valence-corrected chi connectivity index (χ0v) is 11.7. The minimum Gasteiger partial charge on any atom is -0.477 e. The number of methoxy groups -OCH3 is 1. The first-order chi connectivity index (χ1) is 9.47. The maximum atomic E-state index is 12.1. The lowest BCUT2D eigenvalue weighted by Gasteiger charge is -2.09. The second-order valence-corrected chi connectivity index (χ2v) is 5.06. The molecule has 1 aliphatic rings. The maximum absolute atomic E-state index is 12.1. The third-order valence-corrected chi connectivity index (χ3v) is 3.97. The highest BCUT2D eigenvalue weighted by atomic mass is 32.2. The van der Waals surface area contributed by atoms with Crippen molar-refractivity contribution in [2.75, 3.05) is 7.11 Å². The van der Waals surface area contributed by atoms with Gasteiger partial charge in [-0.05, 0) is 6.92 Å². The summed E-state index contributed by atoms with van der Waals surface area (Å²) >= 11 is 1.18. The molecule has 0 atom stereocenters. The zero-order valence-electron chi connectivity index (χ0n) is 10.9. The predicted octanol–water partition coefficient (Wildman–Crippen LogP) is 1.38. The number of carboxylic acids is 1. The lowest BCUT2D eigenvalue weighted by atomic mass is 10.1. The van der Waals surface area contributed by atoms with E-state index in [1.54, 1.807) is 4.57 Å². The molecule has 7 nitrogen and oxygen atoms in total. The average Bonchev–Trinajstić information content (AvgIpc) is 2.83. The number of carboxylic acid groups (broad SMARTS) is 1. The minimum absolute atomic E-state index is 0.148. The van der Waals surface area contributed by atoms with E-state index in [2.05, 4.69) is 9.73 Å². The van der Waals surface area contributed by atoms with Gasteiger partial charge in [-0.1, -0.05) is 11.8 Å². The fourth-order valence-corrected chi connectivity index (χ4v) is 3.03. The summed E-state index contributed by atoms with van der Waals surface area (Å²) in [5.41, 5.74) is -0.440. The first-order valence-electron chi connectivity index (χ1n) is 5.80. The van der Waals surface area contributed by atoms with Crippen molar-refractivity contribution in [2.45, 2.75) is 24.9 Å². The van der Waals surface area contributed by atoms with Crippen LogP contribution in [0, 0.1) is 0 Å². The standard InChI is InChI=1S/C12H12N2O5S/c1-3-14-5-7(11(16)17)9(15)6-4-8(20-10(6)14)13-12(18)19-2/h5H,3-4H2,1-2H3,(H,16,17)/b13-8+. The molecule has 0 unspecified atom stereocenters. The van der Waals surface area contributed by atoms with Crippen LogP contribution in [0.1, 0.15) is 22.8 Å². The number of nitrogens with zero attached hydrogens (tertiary/aromatic N) is 2. The summed E-state index contributed by atoms with van der Waals surface area (Å²) in [5, 5.41) is 10.1. The van der Waals surface area contributed by atoms with Crippen LogP contribution in [0.5, 0.6) is 0 Å². The number of fused-ring (bicyclic) bond motifs is 1. The van der Waals surface area contributed by atoms with Crippen molar-refractivity contribution in [1.82, 2.24) is 4.57 Å². The molecule has 1 amide bonds. The fraction of sp³-hybridized carbons (Fsp3) is 0.333. The highest BCUT2D eigenvalue weighted by molar-refractivity contribution is 8.14. The molecule has 0 spiro atoms. The molecule has 20 heavy (non-hydrogen) atoms. The quantitative estimate of drug-likeness (QED) is 0.885. The van der Waals surface area contributed by atoms with Crippen molar-refractivity contribution in [2.24, 2.45) is 4.99 Å². The Morgan fingerprint density at radius 3 is 2.80 bits per heavy atom. The van der Waals surface area contributed by atoms with E-state index in [-0.39, 0.29) is 12.0 Å². The summed E-state index contributed by atoms with van der Waals surface area (Å²) in [4.78, 5) is 38.0. The van der Waals surface area contributed by atoms with Crippen molar-refractivity contribution in [1.29, 1.82) is 0 Å². The number of thioether (sulfide) groups is 1. The van der Waals surface area contributed by atoms with Crippen LogP contribution < -0.4 is 5.43 Å². The number of aromatic carboxylic acids is 1. The number of amides is 1. The van der Waals surface area contributed by atoms with Crippen LogP contribution in [0.15, 0.2) is 21.0 Å². The van der Waals surface area contributed by atoms with Gasteiger partial charge in [-0.3, -0.25) is 4.79 Å². The topological polar surface area (TPSA) is 98.0 Å². The predicted molar refractivity (Wildman–Crippen MR) is 72.7 cm³/mol. The Morgan fingerprint density at radius 1 is 1.55 bits per heavy atom. The number of hydrogen-bond acceptors (Lipinski definition) is 5. The van der Waals surface area contributed by atoms with Crippen LogP contribution in [0.2, 0.25) is 0 Å². The van der Waals surface area contributed by atoms with Gasteiger partial charge in [-0.25, -0.2) is 9.59 Å². The third-order valence-electron chi connectivity index (χ3n) is 2.83. The van der Waals surface area contributed by atoms with E-state index in [0.717, 1.165) is 0 Å². The van der Waals surface area contributed by atoms with Gasteiger partial charge in [-0.15, -0.1) is 0 Å². The van der Waals surface area contributed by atoms with Crippen molar-refractivity contribution in [3.63, 3.8) is 0 Å². The minimum atomic E-state index is -1.26. The molecular formula is C12H12N2O5S. The highest BCUT2D eigenvalue weighted by Crippen LogP contribution is 2.32. The number of hydrogen-bond donors (Lipinski definition) is 1. The van der Waals surface area contributed by atoms with Gasteiger partial charge in [-0.2, -0.15) is 4.99 Å². The molecule has 1 aromatic heterocycles. The summed E-state index contributed by atoms with van der Waals surface area (Å²) in [6.45, 7) is 2.35. The number of aliphatic imine (C=N–C) groups is 1. The van der Waals surface area contributed by atoms with Gasteiger partial charge < -0.3 is 14.4 Å². The van der Waals surface area contributed by atoms with Gasteiger partial charge in [0.1, 0.15) is 5.56 Å². The molecule has 0 saturated carbocycles. The number of rotatable bonds is 2. The molecule has 0 fully saturated rings. The lowest BCUT2D eigenvalue weighted by Crippen LogP contribution is -2.22. The van der Waals surface area contributed by atoms with E-state index in [0.29, 0.717) is 22.2 Å². The molecule has 2 rings (SSSR count). The molecule has 0 aromatic carbocycles. The van der Waals surface area contributed by atoms with Crippen LogP contribution in [0.3, 0.4) is 0 Å². The second kappa shape index (κ2) is 5.49.